The number of benzene rings is 2. The van der Waals surface area contributed by atoms with Crippen LogP contribution < -0.4 is 10.0 Å². The van der Waals surface area contributed by atoms with Gasteiger partial charge in [0, 0.05) is 12.6 Å². The first-order chi connectivity index (χ1) is 11.3. The van der Waals surface area contributed by atoms with Gasteiger partial charge in [-0.15, -0.1) is 0 Å². The van der Waals surface area contributed by atoms with E-state index in [1.54, 1.807) is 6.07 Å². The summed E-state index contributed by atoms with van der Waals surface area (Å²) >= 11 is 6.05. The SMILES string of the molecule is CC(=O)Nc1ccc(S(=O)(=O)Nc2ccc3c(c2)CCC3)cc1Cl. The van der Waals surface area contributed by atoms with Crippen molar-refractivity contribution in [2.24, 2.45) is 0 Å². The van der Waals surface area contributed by atoms with E-state index < -0.39 is 10.0 Å². The average Bonchev–Trinajstić information content (AvgIpc) is 2.96. The predicted molar refractivity (Wildman–Crippen MR) is 95.0 cm³/mol. The van der Waals surface area contributed by atoms with Gasteiger partial charge in [0.2, 0.25) is 5.91 Å². The number of hydrogen-bond donors (Lipinski definition) is 2. The molecule has 2 aromatic rings. The lowest BCUT2D eigenvalue weighted by Gasteiger charge is -2.11. The van der Waals surface area contributed by atoms with Gasteiger partial charge in [0.15, 0.2) is 0 Å². The first-order valence-corrected chi connectivity index (χ1v) is 9.43. The molecule has 1 aliphatic carbocycles. The third-order valence-corrected chi connectivity index (χ3v) is 5.60. The highest BCUT2D eigenvalue weighted by Crippen LogP contribution is 2.28. The van der Waals surface area contributed by atoms with Crippen LogP contribution in [0.2, 0.25) is 5.02 Å². The van der Waals surface area contributed by atoms with Gasteiger partial charge in [0.25, 0.3) is 10.0 Å². The van der Waals surface area contributed by atoms with Gasteiger partial charge in [-0.1, -0.05) is 17.7 Å². The molecular formula is C17H17ClN2O3S. The first kappa shape index (κ1) is 16.8. The van der Waals surface area contributed by atoms with Crippen LogP contribution in [0, 0.1) is 0 Å². The first-order valence-electron chi connectivity index (χ1n) is 7.57. The number of anilines is 2. The molecule has 0 spiro atoms. The molecule has 0 aliphatic heterocycles. The highest BCUT2D eigenvalue weighted by Gasteiger charge is 2.18. The van der Waals surface area contributed by atoms with E-state index in [4.69, 9.17) is 11.6 Å². The van der Waals surface area contributed by atoms with Gasteiger partial charge >= 0.3 is 0 Å². The molecule has 0 heterocycles. The minimum absolute atomic E-state index is 0.0436. The van der Waals surface area contributed by atoms with Gasteiger partial charge in [-0.3, -0.25) is 9.52 Å². The molecule has 7 heteroatoms. The van der Waals surface area contributed by atoms with E-state index in [1.165, 1.54) is 36.2 Å². The zero-order valence-corrected chi connectivity index (χ0v) is 14.7. The van der Waals surface area contributed by atoms with Gasteiger partial charge < -0.3 is 5.32 Å². The molecule has 0 atom stereocenters. The molecule has 2 aromatic carbocycles. The van der Waals surface area contributed by atoms with Crippen molar-refractivity contribution in [3.05, 3.63) is 52.5 Å². The smallest absolute Gasteiger partial charge is 0.261 e. The second kappa shape index (κ2) is 6.45. The summed E-state index contributed by atoms with van der Waals surface area (Å²) < 4.78 is 27.6. The number of carbonyl (C=O) groups excluding carboxylic acids is 1. The topological polar surface area (TPSA) is 75.3 Å². The van der Waals surface area contributed by atoms with Crippen molar-refractivity contribution in [2.45, 2.75) is 31.1 Å². The summed E-state index contributed by atoms with van der Waals surface area (Å²) in [4.78, 5) is 11.1. The number of halogens is 1. The summed E-state index contributed by atoms with van der Waals surface area (Å²) in [7, 11) is -3.75. The van der Waals surface area contributed by atoms with Crippen molar-refractivity contribution in [1.29, 1.82) is 0 Å². The molecule has 0 radical (unpaired) electrons. The fraction of sp³-hybridized carbons (Fsp3) is 0.235. The highest BCUT2D eigenvalue weighted by atomic mass is 35.5. The Balaban J connectivity index is 1.85. The normalized spacial score (nSPS) is 13.4. The van der Waals surface area contributed by atoms with E-state index in [0.717, 1.165) is 19.3 Å². The second-order valence-corrected chi connectivity index (χ2v) is 7.85. The van der Waals surface area contributed by atoms with Gasteiger partial charge in [0.05, 0.1) is 15.6 Å². The van der Waals surface area contributed by atoms with Crippen LogP contribution in [0.5, 0.6) is 0 Å². The monoisotopic (exact) mass is 364 g/mol. The average molecular weight is 365 g/mol. The maximum absolute atomic E-state index is 12.5. The maximum Gasteiger partial charge on any atom is 0.261 e. The van der Waals surface area contributed by atoms with Gasteiger partial charge in [-0.05, 0) is 60.7 Å². The van der Waals surface area contributed by atoms with Crippen LogP contribution in [0.25, 0.3) is 0 Å². The molecule has 1 aliphatic rings. The summed E-state index contributed by atoms with van der Waals surface area (Å²) in [5, 5.41) is 2.71. The van der Waals surface area contributed by atoms with Crippen LogP contribution >= 0.6 is 11.6 Å². The van der Waals surface area contributed by atoms with E-state index in [1.807, 2.05) is 12.1 Å². The van der Waals surface area contributed by atoms with Crippen LogP contribution in [-0.2, 0) is 27.7 Å². The van der Waals surface area contributed by atoms with Crippen molar-refractivity contribution >= 4 is 38.9 Å². The molecule has 0 saturated carbocycles. The second-order valence-electron chi connectivity index (χ2n) is 5.77. The lowest BCUT2D eigenvalue weighted by Crippen LogP contribution is -2.14. The minimum Gasteiger partial charge on any atom is -0.325 e. The molecule has 3 rings (SSSR count). The molecular weight excluding hydrogens is 348 g/mol. The minimum atomic E-state index is -3.75. The van der Waals surface area contributed by atoms with Gasteiger partial charge in [-0.2, -0.15) is 0 Å². The summed E-state index contributed by atoms with van der Waals surface area (Å²) in [6, 6.07) is 9.82. The lowest BCUT2D eigenvalue weighted by molar-refractivity contribution is -0.114. The molecule has 126 valence electrons. The van der Waals surface area contributed by atoms with Crippen LogP contribution in [0.15, 0.2) is 41.3 Å². The number of sulfonamides is 1. The number of amides is 1. The van der Waals surface area contributed by atoms with Crippen molar-refractivity contribution in [1.82, 2.24) is 0 Å². The Labute approximate surface area is 146 Å². The Hall–Kier alpha value is -2.05. The van der Waals surface area contributed by atoms with Gasteiger partial charge in [-0.25, -0.2) is 8.42 Å². The fourth-order valence-electron chi connectivity index (χ4n) is 2.80. The molecule has 2 N–H and O–H groups in total. The highest BCUT2D eigenvalue weighted by molar-refractivity contribution is 7.92. The zero-order chi connectivity index (χ0) is 17.3. The summed E-state index contributed by atoms with van der Waals surface area (Å²) in [5.74, 6) is -0.274. The molecule has 1 amide bonds. The third kappa shape index (κ3) is 3.55. The molecule has 5 nitrogen and oxygen atoms in total. The van der Waals surface area contributed by atoms with Crippen LogP contribution in [0.1, 0.15) is 24.5 Å². The van der Waals surface area contributed by atoms with Crippen molar-refractivity contribution in [3.8, 4) is 0 Å². The van der Waals surface area contributed by atoms with Crippen LogP contribution in [0.4, 0.5) is 11.4 Å². The molecule has 0 saturated heterocycles. The molecule has 0 fully saturated rings. The zero-order valence-electron chi connectivity index (χ0n) is 13.1. The van der Waals surface area contributed by atoms with E-state index in [-0.39, 0.29) is 15.8 Å². The van der Waals surface area contributed by atoms with Crippen LogP contribution in [-0.4, -0.2) is 14.3 Å². The Morgan fingerprint density at radius 1 is 1.08 bits per heavy atom. The maximum atomic E-state index is 12.5. The van der Waals surface area contributed by atoms with Crippen molar-refractivity contribution in [2.75, 3.05) is 10.0 Å². The summed E-state index contributed by atoms with van der Waals surface area (Å²) in [5.41, 5.74) is 3.38. The van der Waals surface area contributed by atoms with E-state index in [2.05, 4.69) is 10.0 Å². The van der Waals surface area contributed by atoms with Crippen molar-refractivity contribution in [3.63, 3.8) is 0 Å². The third-order valence-electron chi connectivity index (χ3n) is 3.91. The van der Waals surface area contributed by atoms with E-state index in [0.29, 0.717) is 11.4 Å². The number of aryl methyl sites for hydroxylation is 2. The van der Waals surface area contributed by atoms with Crippen LogP contribution in [0.3, 0.4) is 0 Å². The van der Waals surface area contributed by atoms with E-state index >= 15 is 0 Å². The molecule has 0 aromatic heterocycles. The lowest BCUT2D eigenvalue weighted by atomic mass is 10.1. The Morgan fingerprint density at radius 3 is 2.54 bits per heavy atom. The van der Waals surface area contributed by atoms with E-state index in [9.17, 15) is 13.2 Å². The standard InChI is InChI=1S/C17H17ClN2O3S/c1-11(21)19-17-8-7-15(10-16(17)18)24(22,23)20-14-6-5-12-3-2-4-13(12)9-14/h5-10,20H,2-4H2,1H3,(H,19,21). The Morgan fingerprint density at radius 2 is 1.83 bits per heavy atom. The summed E-state index contributed by atoms with van der Waals surface area (Å²) in [6.07, 6.45) is 3.12. The van der Waals surface area contributed by atoms with Gasteiger partial charge in [0.1, 0.15) is 0 Å². The quantitative estimate of drug-likeness (QED) is 0.870. The number of nitrogens with one attached hydrogen (secondary N) is 2. The number of rotatable bonds is 4. The number of carbonyl (C=O) groups is 1. The molecule has 24 heavy (non-hydrogen) atoms. The number of fused-ring (bicyclic) bond motifs is 1. The van der Waals surface area contributed by atoms with Crippen molar-refractivity contribution < 1.29 is 13.2 Å². The summed E-state index contributed by atoms with van der Waals surface area (Å²) in [6.45, 7) is 1.36. The molecule has 0 bridgehead atoms. The fourth-order valence-corrected chi connectivity index (χ4v) is 4.17. The Kier molecular flexibility index (Phi) is 4.51. The number of hydrogen-bond acceptors (Lipinski definition) is 3. The largest absolute Gasteiger partial charge is 0.325 e. The molecule has 0 unspecified atom stereocenters. The Bertz CT molecular complexity index is 910. The predicted octanol–water partition coefficient (Wildman–Crippen LogP) is 3.59.